The Bertz CT molecular complexity index is 557. The molecule has 0 aliphatic carbocycles. The van der Waals surface area contributed by atoms with E-state index >= 15 is 0 Å². The third-order valence-corrected chi connectivity index (χ3v) is 3.42. The van der Waals surface area contributed by atoms with Gasteiger partial charge in [0.2, 0.25) is 23.6 Å². The Kier molecular flexibility index (Phi) is 4.67. The zero-order valence-corrected chi connectivity index (χ0v) is 11.9. The van der Waals surface area contributed by atoms with Crippen LogP contribution in [0.1, 0.15) is 38.4 Å². The molecular weight excluding hydrogens is 303 g/mol. The lowest BCUT2D eigenvalue weighted by Crippen LogP contribution is -2.49. The lowest BCUT2D eigenvalue weighted by atomic mass is 10.0. The normalized spacial score (nSPS) is 19.1. The number of aromatic nitrogens is 3. The highest BCUT2D eigenvalue weighted by atomic mass is 19.4. The molecule has 7 nitrogen and oxygen atoms in total. The molecule has 22 heavy (non-hydrogen) atoms. The summed E-state index contributed by atoms with van der Waals surface area (Å²) in [6.07, 6.45) is -2.36. The molecule has 1 fully saturated rings. The molecule has 0 radical (unpaired) electrons. The number of carbonyl (C=O) groups is 2. The Morgan fingerprint density at radius 3 is 2.73 bits per heavy atom. The predicted molar refractivity (Wildman–Crippen MR) is 69.7 cm³/mol. The fourth-order valence-corrected chi connectivity index (χ4v) is 2.34. The van der Waals surface area contributed by atoms with Crippen LogP contribution in [0.5, 0.6) is 0 Å². The van der Waals surface area contributed by atoms with Crippen LogP contribution in [-0.4, -0.2) is 44.5 Å². The summed E-state index contributed by atoms with van der Waals surface area (Å²) in [5.74, 6) is -2.47. The number of piperidine rings is 1. The fourth-order valence-electron chi connectivity index (χ4n) is 2.34. The number of nitrogens with one attached hydrogen (secondary N) is 2. The van der Waals surface area contributed by atoms with Gasteiger partial charge in [-0.1, -0.05) is 6.92 Å². The topological polar surface area (TPSA) is 91.0 Å². The van der Waals surface area contributed by atoms with Gasteiger partial charge in [-0.15, -0.1) is 5.10 Å². The highest BCUT2D eigenvalue weighted by Crippen LogP contribution is 2.26. The summed E-state index contributed by atoms with van der Waals surface area (Å²) in [5.41, 5.74) is 0. The highest BCUT2D eigenvalue weighted by molar-refractivity contribution is 5.96. The van der Waals surface area contributed by atoms with Crippen molar-refractivity contribution in [1.82, 2.24) is 20.1 Å². The first-order chi connectivity index (χ1) is 10.3. The van der Waals surface area contributed by atoms with Crippen LogP contribution in [-0.2, 0) is 15.8 Å². The van der Waals surface area contributed by atoms with Crippen LogP contribution in [0.2, 0.25) is 0 Å². The van der Waals surface area contributed by atoms with Crippen LogP contribution in [0.4, 0.5) is 19.1 Å². The maximum absolute atomic E-state index is 12.4. The average Bonchev–Trinajstić information content (AvgIpc) is 2.95. The summed E-state index contributed by atoms with van der Waals surface area (Å²) >= 11 is 0. The molecule has 2 N–H and O–H groups in total. The van der Waals surface area contributed by atoms with Crippen LogP contribution in [0, 0.1) is 0 Å². The van der Waals surface area contributed by atoms with Crippen molar-refractivity contribution in [3.63, 3.8) is 0 Å². The minimum absolute atomic E-state index is 0.161. The zero-order valence-electron chi connectivity index (χ0n) is 11.9. The number of nitrogens with zero attached hydrogens (tertiary/aromatic N) is 3. The molecule has 1 unspecified atom stereocenters. The van der Waals surface area contributed by atoms with E-state index in [4.69, 9.17) is 0 Å². The first kappa shape index (κ1) is 16.2. The molecule has 0 bridgehead atoms. The maximum Gasteiger partial charge on any atom is 0.451 e. The molecule has 0 spiro atoms. The Morgan fingerprint density at radius 1 is 1.41 bits per heavy atom. The lowest BCUT2D eigenvalue weighted by molar-refractivity contribution is -0.144. The van der Waals surface area contributed by atoms with E-state index in [1.807, 2.05) is 0 Å². The minimum atomic E-state index is -4.66. The largest absolute Gasteiger partial charge is 0.451 e. The van der Waals surface area contributed by atoms with Crippen LogP contribution >= 0.6 is 0 Å². The molecule has 2 heterocycles. The van der Waals surface area contributed by atoms with Gasteiger partial charge in [-0.2, -0.15) is 18.2 Å². The number of H-pyrrole nitrogens is 1. The van der Waals surface area contributed by atoms with Crippen molar-refractivity contribution < 1.29 is 22.8 Å². The second-order valence-corrected chi connectivity index (χ2v) is 4.95. The first-order valence-electron chi connectivity index (χ1n) is 6.93. The molecule has 1 aliphatic heterocycles. The smallest absolute Gasteiger partial charge is 0.331 e. The maximum atomic E-state index is 12.4. The molecular formula is C12H16F3N5O2. The molecule has 10 heteroatoms. The standard InChI is InChI=1S/C12H16F3N5O2/c1-2-8(21)20-6-4-3-5-7(20)9(22)16-11-17-10(18-19-11)12(13,14)15/h7H,2-6H2,1H3,(H2,16,17,18,19,22). The Labute approximate surface area is 124 Å². The van der Waals surface area contributed by atoms with Crippen LogP contribution in [0.25, 0.3) is 0 Å². The number of hydrogen-bond donors (Lipinski definition) is 2. The highest BCUT2D eigenvalue weighted by Gasteiger charge is 2.36. The van der Waals surface area contributed by atoms with Crippen molar-refractivity contribution >= 4 is 17.8 Å². The van der Waals surface area contributed by atoms with Crippen molar-refractivity contribution in [2.45, 2.75) is 44.8 Å². The van der Waals surface area contributed by atoms with Gasteiger partial charge in [-0.05, 0) is 19.3 Å². The van der Waals surface area contributed by atoms with Gasteiger partial charge < -0.3 is 4.90 Å². The molecule has 0 saturated carbocycles. The average molecular weight is 319 g/mol. The number of halogens is 3. The number of anilines is 1. The minimum Gasteiger partial charge on any atom is -0.331 e. The number of rotatable bonds is 3. The Balaban J connectivity index is 2.07. The molecule has 1 aliphatic rings. The van der Waals surface area contributed by atoms with Gasteiger partial charge >= 0.3 is 6.18 Å². The number of aromatic amines is 1. The van der Waals surface area contributed by atoms with Crippen molar-refractivity contribution in [1.29, 1.82) is 0 Å². The first-order valence-corrected chi connectivity index (χ1v) is 6.93. The summed E-state index contributed by atoms with van der Waals surface area (Å²) in [7, 11) is 0. The van der Waals surface area contributed by atoms with Crippen molar-refractivity contribution in [3.8, 4) is 0 Å². The molecule has 0 aromatic carbocycles. The van der Waals surface area contributed by atoms with E-state index in [1.54, 1.807) is 12.0 Å². The second-order valence-electron chi connectivity index (χ2n) is 4.95. The van der Waals surface area contributed by atoms with Crippen LogP contribution in [0.15, 0.2) is 0 Å². The molecule has 1 aromatic rings. The fraction of sp³-hybridized carbons (Fsp3) is 0.667. The molecule has 2 amide bonds. The van der Waals surface area contributed by atoms with Gasteiger partial charge in [0.25, 0.3) is 0 Å². The van der Waals surface area contributed by atoms with Gasteiger partial charge in [0, 0.05) is 13.0 Å². The third-order valence-electron chi connectivity index (χ3n) is 3.42. The van der Waals surface area contributed by atoms with Crippen LogP contribution in [0.3, 0.4) is 0 Å². The van der Waals surface area contributed by atoms with Gasteiger partial charge in [-0.3, -0.25) is 20.0 Å². The molecule has 1 aromatic heterocycles. The summed E-state index contributed by atoms with van der Waals surface area (Å²) in [5, 5.41) is 7.26. The monoisotopic (exact) mass is 319 g/mol. The summed E-state index contributed by atoms with van der Waals surface area (Å²) < 4.78 is 37.2. The quantitative estimate of drug-likeness (QED) is 0.884. The summed E-state index contributed by atoms with van der Waals surface area (Å²) in [4.78, 5) is 28.6. The van der Waals surface area contributed by atoms with E-state index in [0.717, 1.165) is 12.8 Å². The van der Waals surface area contributed by atoms with Gasteiger partial charge in [0.1, 0.15) is 6.04 Å². The lowest BCUT2D eigenvalue weighted by Gasteiger charge is -2.34. The number of amides is 2. The van der Waals surface area contributed by atoms with Crippen molar-refractivity contribution in [3.05, 3.63) is 5.82 Å². The van der Waals surface area contributed by atoms with Crippen molar-refractivity contribution in [2.75, 3.05) is 11.9 Å². The summed E-state index contributed by atoms with van der Waals surface area (Å²) in [6, 6.07) is -0.700. The van der Waals surface area contributed by atoms with Crippen molar-refractivity contribution in [2.24, 2.45) is 0 Å². The van der Waals surface area contributed by atoms with E-state index in [0.29, 0.717) is 13.0 Å². The van der Waals surface area contributed by atoms with E-state index in [-0.39, 0.29) is 12.3 Å². The van der Waals surface area contributed by atoms with Gasteiger partial charge in [-0.25, -0.2) is 0 Å². The molecule has 2 rings (SSSR count). The molecule has 1 saturated heterocycles. The summed E-state index contributed by atoms with van der Waals surface area (Å²) in [6.45, 7) is 2.16. The SMILES string of the molecule is CCC(=O)N1CCCCC1C(=O)Nc1n[nH]c(C(F)(F)F)n1. The number of carbonyl (C=O) groups excluding carboxylic acids is 2. The second kappa shape index (κ2) is 6.32. The number of alkyl halides is 3. The zero-order chi connectivity index (χ0) is 16.3. The van der Waals surface area contributed by atoms with E-state index < -0.39 is 29.9 Å². The Morgan fingerprint density at radius 2 is 2.14 bits per heavy atom. The Hall–Kier alpha value is -2.13. The third kappa shape index (κ3) is 3.55. The predicted octanol–water partition coefficient (Wildman–Crippen LogP) is 1.55. The van der Waals surface area contributed by atoms with Gasteiger partial charge in [0.05, 0.1) is 0 Å². The number of hydrogen-bond acceptors (Lipinski definition) is 4. The van der Waals surface area contributed by atoms with E-state index in [1.165, 1.54) is 4.90 Å². The number of likely N-dealkylation sites (tertiary alicyclic amines) is 1. The van der Waals surface area contributed by atoms with E-state index in [9.17, 15) is 22.8 Å². The van der Waals surface area contributed by atoms with E-state index in [2.05, 4.69) is 15.4 Å². The van der Waals surface area contributed by atoms with Crippen LogP contribution < -0.4 is 5.32 Å². The van der Waals surface area contributed by atoms with Gasteiger partial charge in [0.15, 0.2) is 0 Å². The molecule has 122 valence electrons. The molecule has 1 atom stereocenters.